The molecule has 0 radical (unpaired) electrons. The zero-order chi connectivity index (χ0) is 15.8. The van der Waals surface area contributed by atoms with Crippen LogP contribution in [0.25, 0.3) is 0 Å². The number of nitrogens with zero attached hydrogens (tertiary/aromatic N) is 2. The third-order valence-electron chi connectivity index (χ3n) is 3.55. The summed E-state index contributed by atoms with van der Waals surface area (Å²) >= 11 is 0. The van der Waals surface area contributed by atoms with Gasteiger partial charge < -0.3 is 14.4 Å². The third-order valence-corrected chi connectivity index (χ3v) is 3.55. The first kappa shape index (κ1) is 18.2. The maximum atomic E-state index is 10.2. The van der Waals surface area contributed by atoms with Crippen LogP contribution < -0.4 is 0 Å². The molecule has 0 fully saturated rings. The fourth-order valence-electron chi connectivity index (χ4n) is 2.22. The predicted molar refractivity (Wildman–Crippen MR) is 87.2 cm³/mol. The molecule has 0 amide bonds. The van der Waals surface area contributed by atoms with E-state index in [-0.39, 0.29) is 6.10 Å². The second kappa shape index (κ2) is 9.23. The fraction of sp³-hybridized carbons (Fsp3) is 0.765. The standard InChI is InChI=1S/C17H32N2O2/c1-14(2)8-10-19(11-16-7-6-9-18(16)5)12-17(20)13-21-15(3)4/h6-7,9,14-15,17,20H,8,10-13H2,1-5H3. The molecule has 21 heavy (non-hydrogen) atoms. The highest BCUT2D eigenvalue weighted by atomic mass is 16.5. The Labute approximate surface area is 129 Å². The summed E-state index contributed by atoms with van der Waals surface area (Å²) in [6.45, 7) is 11.4. The smallest absolute Gasteiger partial charge is 0.0900 e. The molecule has 1 aromatic heterocycles. The molecule has 0 aromatic carbocycles. The summed E-state index contributed by atoms with van der Waals surface area (Å²) in [5.74, 6) is 0.671. The summed E-state index contributed by atoms with van der Waals surface area (Å²) in [6, 6.07) is 4.20. The molecule has 1 rings (SSSR count). The molecule has 0 aliphatic carbocycles. The van der Waals surface area contributed by atoms with Crippen LogP contribution in [0.5, 0.6) is 0 Å². The Morgan fingerprint density at radius 1 is 1.29 bits per heavy atom. The minimum atomic E-state index is -0.431. The molecule has 1 aromatic rings. The van der Waals surface area contributed by atoms with Crippen LogP contribution in [-0.4, -0.2) is 46.5 Å². The van der Waals surface area contributed by atoms with Crippen LogP contribution in [0.1, 0.15) is 39.8 Å². The van der Waals surface area contributed by atoms with Crippen LogP contribution in [-0.2, 0) is 18.3 Å². The van der Waals surface area contributed by atoms with Gasteiger partial charge in [-0.3, -0.25) is 4.90 Å². The Hall–Kier alpha value is -0.840. The Kier molecular flexibility index (Phi) is 8.01. The van der Waals surface area contributed by atoms with E-state index in [9.17, 15) is 5.11 Å². The Morgan fingerprint density at radius 2 is 2.00 bits per heavy atom. The molecule has 0 saturated heterocycles. The van der Waals surface area contributed by atoms with Gasteiger partial charge in [-0.05, 0) is 44.9 Å². The number of hydrogen-bond donors (Lipinski definition) is 1. The van der Waals surface area contributed by atoms with Crippen LogP contribution in [0.4, 0.5) is 0 Å². The molecule has 122 valence electrons. The topological polar surface area (TPSA) is 37.6 Å². The third kappa shape index (κ3) is 7.65. The van der Waals surface area contributed by atoms with Crippen molar-refractivity contribution < 1.29 is 9.84 Å². The van der Waals surface area contributed by atoms with Gasteiger partial charge in [-0.25, -0.2) is 0 Å². The number of hydrogen-bond acceptors (Lipinski definition) is 3. The van der Waals surface area contributed by atoms with Crippen molar-refractivity contribution in [3.63, 3.8) is 0 Å². The molecule has 0 aliphatic heterocycles. The van der Waals surface area contributed by atoms with E-state index in [0.29, 0.717) is 19.1 Å². The summed E-state index contributed by atoms with van der Waals surface area (Å²) in [7, 11) is 2.06. The summed E-state index contributed by atoms with van der Waals surface area (Å²) in [6.07, 6.45) is 2.94. The number of aryl methyl sites for hydroxylation is 1. The summed E-state index contributed by atoms with van der Waals surface area (Å²) < 4.78 is 7.65. The Bertz CT molecular complexity index is 388. The minimum absolute atomic E-state index is 0.164. The lowest BCUT2D eigenvalue weighted by Gasteiger charge is -2.26. The van der Waals surface area contributed by atoms with Crippen molar-refractivity contribution in [1.82, 2.24) is 9.47 Å². The van der Waals surface area contributed by atoms with Crippen molar-refractivity contribution in [3.8, 4) is 0 Å². The van der Waals surface area contributed by atoms with E-state index in [1.165, 1.54) is 5.69 Å². The maximum Gasteiger partial charge on any atom is 0.0900 e. The number of ether oxygens (including phenoxy) is 1. The minimum Gasteiger partial charge on any atom is -0.389 e. The average Bonchev–Trinajstić information content (AvgIpc) is 2.79. The predicted octanol–water partition coefficient (Wildman–Crippen LogP) is 2.66. The quantitative estimate of drug-likeness (QED) is 0.721. The number of aromatic nitrogens is 1. The first-order valence-corrected chi connectivity index (χ1v) is 8.00. The van der Waals surface area contributed by atoms with Crippen LogP contribution in [0.2, 0.25) is 0 Å². The maximum absolute atomic E-state index is 10.2. The van der Waals surface area contributed by atoms with Crippen molar-refractivity contribution in [1.29, 1.82) is 0 Å². The molecule has 0 spiro atoms. The summed E-state index contributed by atoms with van der Waals surface area (Å²) in [5.41, 5.74) is 1.27. The van der Waals surface area contributed by atoms with Crippen molar-refractivity contribution in [2.24, 2.45) is 13.0 Å². The van der Waals surface area contributed by atoms with E-state index in [0.717, 1.165) is 19.5 Å². The first-order chi connectivity index (χ1) is 9.88. The van der Waals surface area contributed by atoms with Gasteiger partial charge in [-0.1, -0.05) is 13.8 Å². The molecule has 1 N–H and O–H groups in total. The highest BCUT2D eigenvalue weighted by molar-refractivity contribution is 5.06. The first-order valence-electron chi connectivity index (χ1n) is 8.00. The van der Waals surface area contributed by atoms with Gasteiger partial charge in [0.05, 0.1) is 18.8 Å². The lowest BCUT2D eigenvalue weighted by Crippen LogP contribution is -2.36. The molecule has 1 atom stereocenters. The van der Waals surface area contributed by atoms with Crippen LogP contribution in [0.3, 0.4) is 0 Å². The summed E-state index contributed by atoms with van der Waals surface area (Å²) in [4.78, 5) is 2.32. The lowest BCUT2D eigenvalue weighted by molar-refractivity contribution is -0.0102. The largest absolute Gasteiger partial charge is 0.389 e. The lowest BCUT2D eigenvalue weighted by atomic mass is 10.1. The highest BCUT2D eigenvalue weighted by Gasteiger charge is 2.14. The van der Waals surface area contributed by atoms with Gasteiger partial charge in [0.2, 0.25) is 0 Å². The van der Waals surface area contributed by atoms with Gasteiger partial charge in [-0.15, -0.1) is 0 Å². The van der Waals surface area contributed by atoms with E-state index in [4.69, 9.17) is 4.74 Å². The molecule has 1 heterocycles. The molecular formula is C17H32N2O2. The van der Waals surface area contributed by atoms with Gasteiger partial charge in [0.25, 0.3) is 0 Å². The van der Waals surface area contributed by atoms with E-state index in [2.05, 4.69) is 48.7 Å². The second-order valence-electron chi connectivity index (χ2n) is 6.56. The number of aliphatic hydroxyl groups is 1. The Balaban J connectivity index is 2.53. The molecule has 0 bridgehead atoms. The van der Waals surface area contributed by atoms with E-state index < -0.39 is 6.10 Å². The second-order valence-corrected chi connectivity index (χ2v) is 6.56. The molecule has 0 saturated carbocycles. The van der Waals surface area contributed by atoms with Crippen molar-refractivity contribution in [2.75, 3.05) is 19.7 Å². The van der Waals surface area contributed by atoms with Crippen molar-refractivity contribution in [3.05, 3.63) is 24.0 Å². The number of aliphatic hydroxyl groups excluding tert-OH is 1. The normalized spacial score (nSPS) is 13.6. The van der Waals surface area contributed by atoms with E-state index in [1.807, 2.05) is 13.8 Å². The summed E-state index contributed by atoms with van der Waals surface area (Å²) in [5, 5.41) is 10.2. The number of rotatable bonds is 10. The van der Waals surface area contributed by atoms with E-state index >= 15 is 0 Å². The van der Waals surface area contributed by atoms with Gasteiger partial charge >= 0.3 is 0 Å². The van der Waals surface area contributed by atoms with Crippen LogP contribution >= 0.6 is 0 Å². The Morgan fingerprint density at radius 3 is 2.52 bits per heavy atom. The molecule has 4 nitrogen and oxygen atoms in total. The zero-order valence-electron chi connectivity index (χ0n) is 14.2. The monoisotopic (exact) mass is 296 g/mol. The zero-order valence-corrected chi connectivity index (χ0v) is 14.2. The molecule has 4 heteroatoms. The fourth-order valence-corrected chi connectivity index (χ4v) is 2.22. The SMILES string of the molecule is CC(C)CCN(Cc1cccn1C)CC(O)COC(C)C. The van der Waals surface area contributed by atoms with Gasteiger partial charge in [0.1, 0.15) is 0 Å². The highest BCUT2D eigenvalue weighted by Crippen LogP contribution is 2.09. The van der Waals surface area contributed by atoms with E-state index in [1.54, 1.807) is 0 Å². The van der Waals surface area contributed by atoms with Crippen molar-refractivity contribution >= 4 is 0 Å². The van der Waals surface area contributed by atoms with Crippen LogP contribution in [0.15, 0.2) is 18.3 Å². The molecule has 1 unspecified atom stereocenters. The average molecular weight is 296 g/mol. The molecular weight excluding hydrogens is 264 g/mol. The van der Waals surface area contributed by atoms with Gasteiger partial charge in [-0.2, -0.15) is 0 Å². The van der Waals surface area contributed by atoms with Gasteiger partial charge in [0.15, 0.2) is 0 Å². The molecule has 0 aliphatic rings. The van der Waals surface area contributed by atoms with Crippen LogP contribution in [0, 0.1) is 5.92 Å². The van der Waals surface area contributed by atoms with Gasteiger partial charge in [0, 0.05) is 32.0 Å². The van der Waals surface area contributed by atoms with Crippen molar-refractivity contribution in [2.45, 2.75) is 52.9 Å².